The number of ether oxygens (including phenoxy) is 1. The smallest absolute Gasteiger partial charge is 0.432 e. The van der Waals surface area contributed by atoms with Crippen LogP contribution in [0.3, 0.4) is 0 Å². The van der Waals surface area contributed by atoms with Crippen molar-refractivity contribution in [3.05, 3.63) is 72.7 Å². The highest BCUT2D eigenvalue weighted by molar-refractivity contribution is 6.32. The van der Waals surface area contributed by atoms with Crippen LogP contribution in [0.2, 0.25) is 0 Å². The Morgan fingerprint density at radius 3 is 2.50 bits per heavy atom. The molecule has 2 aromatic carbocycles. The summed E-state index contributed by atoms with van der Waals surface area (Å²) in [6.45, 7) is 0. The molecule has 7 nitrogen and oxygen atoms in total. The molecular formula is C23H18BF3N6O. The van der Waals surface area contributed by atoms with Crippen molar-refractivity contribution in [3.63, 3.8) is 0 Å². The van der Waals surface area contributed by atoms with Crippen molar-refractivity contribution in [1.29, 1.82) is 0 Å². The minimum Gasteiger partial charge on any atom is -0.457 e. The highest BCUT2D eigenvalue weighted by Gasteiger charge is 2.33. The fraction of sp³-hybridized carbons (Fsp3) is 0.0870. The SMILES string of the molecule is Bc1ccc(Nc2nc3cc(Oc4ccnc(-c5ncc(C(F)(F)F)[nH]5)c4)ccc3n2C)cc1. The van der Waals surface area contributed by atoms with E-state index >= 15 is 0 Å². The molecule has 2 N–H and O–H groups in total. The number of pyridine rings is 1. The number of aromatic nitrogens is 5. The molecule has 0 aliphatic carbocycles. The third kappa shape index (κ3) is 4.32. The largest absolute Gasteiger partial charge is 0.457 e. The van der Waals surface area contributed by atoms with Gasteiger partial charge in [0.2, 0.25) is 5.95 Å². The van der Waals surface area contributed by atoms with Crippen molar-refractivity contribution in [2.45, 2.75) is 6.18 Å². The standard InChI is InChI=1S/C23H18BF3N6O/c1-33-19-7-6-15(10-17(19)31-22(33)30-14-4-2-13(24)3-5-14)34-16-8-9-28-18(11-16)21-29-12-20(32-21)23(25,26)27/h2-12H,24H2,1H3,(H,29,32)(H,30,31). The lowest BCUT2D eigenvalue weighted by molar-refractivity contribution is -0.140. The minimum atomic E-state index is -4.51. The van der Waals surface area contributed by atoms with Crippen LogP contribution < -0.4 is 15.5 Å². The zero-order valence-corrected chi connectivity index (χ0v) is 18.2. The van der Waals surface area contributed by atoms with E-state index in [1.54, 1.807) is 18.2 Å². The molecule has 0 bridgehead atoms. The van der Waals surface area contributed by atoms with Gasteiger partial charge in [-0.15, -0.1) is 0 Å². The van der Waals surface area contributed by atoms with Gasteiger partial charge in [-0.25, -0.2) is 9.97 Å². The molecule has 0 aliphatic heterocycles. The summed E-state index contributed by atoms with van der Waals surface area (Å²) >= 11 is 0. The normalized spacial score (nSPS) is 11.6. The number of aryl methyl sites for hydroxylation is 1. The van der Waals surface area contributed by atoms with Crippen molar-refractivity contribution in [2.24, 2.45) is 7.05 Å². The summed E-state index contributed by atoms with van der Waals surface area (Å²) in [5, 5.41) is 3.31. The van der Waals surface area contributed by atoms with Crippen LogP contribution in [0.1, 0.15) is 5.69 Å². The van der Waals surface area contributed by atoms with Crippen molar-refractivity contribution in [3.8, 4) is 23.0 Å². The molecule has 0 saturated heterocycles. The lowest BCUT2D eigenvalue weighted by atomic mass is 9.96. The van der Waals surface area contributed by atoms with Gasteiger partial charge in [-0.1, -0.05) is 17.6 Å². The van der Waals surface area contributed by atoms with Crippen LogP contribution in [0.5, 0.6) is 11.5 Å². The summed E-state index contributed by atoms with van der Waals surface area (Å²) in [4.78, 5) is 14.8. The number of fused-ring (bicyclic) bond motifs is 1. The maximum absolute atomic E-state index is 12.9. The molecule has 0 saturated carbocycles. The van der Waals surface area contributed by atoms with Crippen LogP contribution in [-0.4, -0.2) is 32.3 Å². The molecule has 0 spiro atoms. The van der Waals surface area contributed by atoms with E-state index in [1.165, 1.54) is 17.7 Å². The third-order valence-corrected chi connectivity index (χ3v) is 5.25. The van der Waals surface area contributed by atoms with Gasteiger partial charge in [0.1, 0.15) is 30.7 Å². The second-order valence-corrected chi connectivity index (χ2v) is 7.76. The van der Waals surface area contributed by atoms with Gasteiger partial charge in [0, 0.05) is 31.1 Å². The number of imidazole rings is 2. The topological polar surface area (TPSA) is 80.7 Å². The van der Waals surface area contributed by atoms with Crippen molar-refractivity contribution in [1.82, 2.24) is 24.5 Å². The van der Waals surface area contributed by atoms with Gasteiger partial charge < -0.3 is 19.6 Å². The van der Waals surface area contributed by atoms with E-state index in [0.29, 0.717) is 17.4 Å². The number of anilines is 2. The number of benzene rings is 2. The quantitative estimate of drug-likeness (QED) is 0.384. The van der Waals surface area contributed by atoms with Crippen LogP contribution in [0.25, 0.3) is 22.6 Å². The highest BCUT2D eigenvalue weighted by Crippen LogP contribution is 2.31. The fourth-order valence-corrected chi connectivity index (χ4v) is 3.46. The zero-order valence-electron chi connectivity index (χ0n) is 18.2. The number of aromatic amines is 1. The molecule has 5 aromatic rings. The lowest BCUT2D eigenvalue weighted by Crippen LogP contribution is -2.04. The first-order valence-electron chi connectivity index (χ1n) is 10.3. The summed E-state index contributed by atoms with van der Waals surface area (Å²) in [6.07, 6.45) is -2.32. The zero-order chi connectivity index (χ0) is 23.9. The van der Waals surface area contributed by atoms with Gasteiger partial charge in [-0.05, 0) is 30.3 Å². The van der Waals surface area contributed by atoms with E-state index in [9.17, 15) is 13.2 Å². The number of nitrogens with one attached hydrogen (secondary N) is 2. The van der Waals surface area contributed by atoms with E-state index in [4.69, 9.17) is 4.74 Å². The molecule has 0 aliphatic rings. The average Bonchev–Trinajstić information content (AvgIpc) is 3.41. The molecule has 170 valence electrons. The van der Waals surface area contributed by atoms with Gasteiger partial charge in [-0.3, -0.25) is 4.98 Å². The average molecular weight is 462 g/mol. The van der Waals surface area contributed by atoms with Crippen LogP contribution in [0.4, 0.5) is 24.8 Å². The molecule has 3 heterocycles. The first kappa shape index (κ1) is 21.6. The number of H-pyrrole nitrogens is 1. The number of alkyl halides is 3. The van der Waals surface area contributed by atoms with Gasteiger partial charge in [0.05, 0.1) is 17.2 Å². The fourth-order valence-electron chi connectivity index (χ4n) is 3.46. The van der Waals surface area contributed by atoms with Gasteiger partial charge in [0.15, 0.2) is 5.82 Å². The Morgan fingerprint density at radius 2 is 1.76 bits per heavy atom. The number of nitrogens with zero attached hydrogens (tertiary/aromatic N) is 4. The Balaban J connectivity index is 1.38. The van der Waals surface area contributed by atoms with Crippen LogP contribution >= 0.6 is 0 Å². The summed E-state index contributed by atoms with van der Waals surface area (Å²) in [5.41, 5.74) is 3.03. The predicted molar refractivity (Wildman–Crippen MR) is 126 cm³/mol. The van der Waals surface area contributed by atoms with E-state index in [0.717, 1.165) is 22.9 Å². The first-order chi connectivity index (χ1) is 16.3. The molecule has 0 radical (unpaired) electrons. The Kier molecular flexibility index (Phi) is 5.23. The summed E-state index contributed by atoms with van der Waals surface area (Å²) in [6, 6.07) is 16.6. The first-order valence-corrected chi connectivity index (χ1v) is 10.3. The summed E-state index contributed by atoms with van der Waals surface area (Å²) < 4.78 is 46.4. The second-order valence-electron chi connectivity index (χ2n) is 7.76. The van der Waals surface area contributed by atoms with E-state index < -0.39 is 11.9 Å². The number of rotatable bonds is 5. The van der Waals surface area contributed by atoms with E-state index in [2.05, 4.69) is 25.3 Å². The molecule has 5 rings (SSSR count). The lowest BCUT2D eigenvalue weighted by Gasteiger charge is -2.07. The Hall–Kier alpha value is -4.28. The molecule has 0 unspecified atom stereocenters. The predicted octanol–water partition coefficient (Wildman–Crippen LogP) is 4.17. The Labute approximate surface area is 193 Å². The van der Waals surface area contributed by atoms with E-state index in [1.807, 2.05) is 49.8 Å². The van der Waals surface area contributed by atoms with Crippen molar-refractivity contribution in [2.75, 3.05) is 5.32 Å². The van der Waals surface area contributed by atoms with Gasteiger partial charge in [0.25, 0.3) is 0 Å². The second kappa shape index (κ2) is 8.25. The summed E-state index contributed by atoms with van der Waals surface area (Å²) in [5.74, 6) is 1.62. The van der Waals surface area contributed by atoms with E-state index in [-0.39, 0.29) is 11.5 Å². The molecule has 0 atom stereocenters. The summed E-state index contributed by atoms with van der Waals surface area (Å²) in [7, 11) is 3.95. The third-order valence-electron chi connectivity index (χ3n) is 5.25. The Bertz CT molecular complexity index is 1480. The molecule has 34 heavy (non-hydrogen) atoms. The van der Waals surface area contributed by atoms with Gasteiger partial charge in [-0.2, -0.15) is 13.2 Å². The van der Waals surface area contributed by atoms with Crippen LogP contribution in [0.15, 0.2) is 67.0 Å². The minimum absolute atomic E-state index is 0.00442. The molecule has 3 aromatic heterocycles. The monoisotopic (exact) mass is 462 g/mol. The molecule has 0 fully saturated rings. The highest BCUT2D eigenvalue weighted by atomic mass is 19.4. The molecular weight excluding hydrogens is 444 g/mol. The van der Waals surface area contributed by atoms with Crippen LogP contribution in [0, 0.1) is 0 Å². The maximum Gasteiger partial charge on any atom is 0.432 e. The maximum atomic E-state index is 12.9. The van der Waals surface area contributed by atoms with Crippen LogP contribution in [-0.2, 0) is 13.2 Å². The van der Waals surface area contributed by atoms with Gasteiger partial charge >= 0.3 is 6.18 Å². The van der Waals surface area contributed by atoms with Crippen molar-refractivity contribution >= 4 is 36.0 Å². The number of halogens is 3. The molecule has 11 heteroatoms. The van der Waals surface area contributed by atoms with Crippen molar-refractivity contribution < 1.29 is 17.9 Å². The molecule has 0 amide bonds. The number of hydrogen-bond acceptors (Lipinski definition) is 5. The Morgan fingerprint density at radius 1 is 1.00 bits per heavy atom. The number of hydrogen-bond donors (Lipinski definition) is 2.